The minimum Gasteiger partial charge on any atom is -0.116 e. The molecular formula is C36H26S. The van der Waals surface area contributed by atoms with E-state index < -0.39 is 0 Å². The van der Waals surface area contributed by atoms with Gasteiger partial charge in [0.25, 0.3) is 0 Å². The molecule has 1 atom stereocenters. The Morgan fingerprint density at radius 1 is 0.459 bits per heavy atom. The normalized spacial score (nSPS) is 15.7. The van der Waals surface area contributed by atoms with Gasteiger partial charge in [-0.2, -0.15) is 0 Å². The van der Waals surface area contributed by atoms with Gasteiger partial charge >= 0.3 is 0 Å². The Balaban J connectivity index is 1.73. The second-order valence-corrected chi connectivity index (χ2v) is 10.8. The van der Waals surface area contributed by atoms with Crippen molar-refractivity contribution in [1.82, 2.24) is 0 Å². The Kier molecular flexibility index (Phi) is 5.64. The first-order chi connectivity index (χ1) is 18.4. The van der Waals surface area contributed by atoms with Crippen molar-refractivity contribution >= 4 is 17.3 Å². The number of hydrogen-bond acceptors (Lipinski definition) is 1. The van der Waals surface area contributed by atoms with Crippen molar-refractivity contribution in [3.63, 3.8) is 0 Å². The highest BCUT2D eigenvalue weighted by Gasteiger charge is 2.37. The van der Waals surface area contributed by atoms with Crippen LogP contribution in [0.5, 0.6) is 0 Å². The van der Waals surface area contributed by atoms with Gasteiger partial charge in [-0.3, -0.25) is 0 Å². The average Bonchev–Trinajstić information content (AvgIpc) is 3.37. The molecule has 5 aromatic carbocycles. The zero-order valence-electron chi connectivity index (χ0n) is 20.5. The van der Waals surface area contributed by atoms with E-state index in [2.05, 4.69) is 140 Å². The van der Waals surface area contributed by atoms with Crippen molar-refractivity contribution in [2.75, 3.05) is 0 Å². The summed E-state index contributed by atoms with van der Waals surface area (Å²) in [5.41, 5.74) is 13.2. The van der Waals surface area contributed by atoms with Crippen LogP contribution in [-0.2, 0) is 0 Å². The zero-order valence-corrected chi connectivity index (χ0v) is 21.3. The number of fused-ring (bicyclic) bond motifs is 3. The van der Waals surface area contributed by atoms with Crippen LogP contribution in [0.15, 0.2) is 144 Å². The Hall–Kier alpha value is -4.07. The van der Waals surface area contributed by atoms with Gasteiger partial charge in [0.2, 0.25) is 0 Å². The quantitative estimate of drug-likeness (QED) is 0.241. The molecule has 1 unspecified atom stereocenters. The van der Waals surface area contributed by atoms with Crippen molar-refractivity contribution in [2.24, 2.45) is 0 Å². The molecule has 2 aliphatic rings. The van der Waals surface area contributed by atoms with Crippen LogP contribution in [0.4, 0.5) is 0 Å². The first-order valence-corrected chi connectivity index (χ1v) is 13.8. The summed E-state index contributed by atoms with van der Waals surface area (Å²) in [4.78, 5) is 1.41. The molecule has 0 fully saturated rings. The van der Waals surface area contributed by atoms with E-state index in [1.54, 1.807) is 0 Å². The third kappa shape index (κ3) is 3.79. The van der Waals surface area contributed by atoms with Crippen LogP contribution < -0.4 is 0 Å². The van der Waals surface area contributed by atoms with E-state index in [1.807, 2.05) is 11.8 Å². The predicted octanol–water partition coefficient (Wildman–Crippen LogP) is 10.2. The van der Waals surface area contributed by atoms with Crippen molar-refractivity contribution in [2.45, 2.75) is 16.6 Å². The third-order valence-electron chi connectivity index (χ3n) is 7.36. The molecule has 1 heteroatoms. The molecule has 5 aromatic rings. The summed E-state index contributed by atoms with van der Waals surface area (Å²) in [7, 11) is 0. The highest BCUT2D eigenvalue weighted by molar-refractivity contribution is 8.01. The smallest absolute Gasteiger partial charge is 0.0386 e. The summed E-state index contributed by atoms with van der Waals surface area (Å²) in [5, 5.41) is 0.444. The molecule has 0 aromatic heterocycles. The Bertz CT molecular complexity index is 1630. The summed E-state index contributed by atoms with van der Waals surface area (Å²) < 4.78 is 0. The fraction of sp³-hybridized carbons (Fsp3) is 0.0556. The Morgan fingerprint density at radius 2 is 0.865 bits per heavy atom. The monoisotopic (exact) mass is 490 g/mol. The van der Waals surface area contributed by atoms with E-state index in [0.717, 1.165) is 6.42 Å². The van der Waals surface area contributed by atoms with Gasteiger partial charge in [-0.15, -0.1) is 11.8 Å². The first kappa shape index (κ1) is 22.2. The summed E-state index contributed by atoms with van der Waals surface area (Å²) in [6.45, 7) is 0. The van der Waals surface area contributed by atoms with Crippen LogP contribution in [0.3, 0.4) is 0 Å². The first-order valence-electron chi connectivity index (χ1n) is 12.9. The predicted molar refractivity (Wildman–Crippen MR) is 160 cm³/mol. The molecule has 0 saturated heterocycles. The number of thioether (sulfide) groups is 1. The molecule has 1 aliphatic heterocycles. The van der Waals surface area contributed by atoms with E-state index in [0.29, 0.717) is 5.25 Å². The Morgan fingerprint density at radius 3 is 1.35 bits per heavy atom. The second kappa shape index (κ2) is 9.42. The minimum absolute atomic E-state index is 0.444. The molecule has 0 amide bonds. The molecule has 1 heterocycles. The van der Waals surface area contributed by atoms with Crippen LogP contribution >= 0.6 is 11.8 Å². The van der Waals surface area contributed by atoms with E-state index >= 15 is 0 Å². The van der Waals surface area contributed by atoms with Crippen LogP contribution in [-0.4, -0.2) is 5.25 Å². The molecule has 0 saturated carbocycles. The van der Waals surface area contributed by atoms with Gasteiger partial charge in [0.1, 0.15) is 0 Å². The van der Waals surface area contributed by atoms with E-state index in [-0.39, 0.29) is 0 Å². The van der Waals surface area contributed by atoms with Crippen molar-refractivity contribution in [3.8, 4) is 44.5 Å². The lowest BCUT2D eigenvalue weighted by molar-refractivity contribution is 1.09. The number of hydrogen-bond donors (Lipinski definition) is 0. The van der Waals surface area contributed by atoms with E-state index in [9.17, 15) is 0 Å². The number of rotatable bonds is 4. The van der Waals surface area contributed by atoms with Gasteiger partial charge < -0.3 is 0 Å². The number of allylic oxidation sites excluding steroid dienone is 3. The molecule has 0 nitrogen and oxygen atoms in total. The topological polar surface area (TPSA) is 0 Å². The fourth-order valence-electron chi connectivity index (χ4n) is 5.79. The largest absolute Gasteiger partial charge is 0.116 e. The van der Waals surface area contributed by atoms with Crippen LogP contribution in [0.1, 0.15) is 12.0 Å². The number of benzene rings is 5. The molecule has 0 N–H and O–H groups in total. The van der Waals surface area contributed by atoms with Gasteiger partial charge in [0.15, 0.2) is 0 Å². The maximum absolute atomic E-state index is 2.35. The van der Waals surface area contributed by atoms with Crippen molar-refractivity contribution in [3.05, 3.63) is 145 Å². The maximum Gasteiger partial charge on any atom is 0.0386 e. The second-order valence-electron chi connectivity index (χ2n) is 9.56. The standard InChI is InChI=1S/C36H26S/c1-5-15-25(16-6-1)31-32(26-17-7-2-8-18-26)34(28-21-11-4-12-22-28)36-35(29-23-13-14-24-30(29)37-36)33(31)27-19-9-3-10-20-27/h1-23,30H,24H2. The summed E-state index contributed by atoms with van der Waals surface area (Å²) in [6.07, 6.45) is 7.97. The molecule has 7 rings (SSSR count). The molecular weight excluding hydrogens is 464 g/mol. The fourth-order valence-corrected chi connectivity index (χ4v) is 7.28. The highest BCUT2D eigenvalue weighted by Crippen LogP contribution is 2.60. The Labute approximate surface area is 223 Å². The SMILES string of the molecule is C1=CCC2Sc3c(c(-c4ccccc4)c(-c4ccccc4)c(-c4ccccc4)c3-c3ccccc3)C2=C1. The lowest BCUT2D eigenvalue weighted by atomic mass is 9.78. The van der Waals surface area contributed by atoms with Gasteiger partial charge in [-0.25, -0.2) is 0 Å². The summed E-state index contributed by atoms with van der Waals surface area (Å²) >= 11 is 2.04. The van der Waals surface area contributed by atoms with E-state index in [1.165, 1.54) is 60.5 Å². The van der Waals surface area contributed by atoms with E-state index in [4.69, 9.17) is 0 Å². The highest BCUT2D eigenvalue weighted by atomic mass is 32.2. The summed E-state index contributed by atoms with van der Waals surface area (Å²) in [5.74, 6) is 0. The van der Waals surface area contributed by atoms with Gasteiger partial charge in [0, 0.05) is 21.3 Å². The van der Waals surface area contributed by atoms with Crippen molar-refractivity contribution < 1.29 is 0 Å². The molecule has 1 aliphatic carbocycles. The molecule has 176 valence electrons. The average molecular weight is 491 g/mol. The van der Waals surface area contributed by atoms with Gasteiger partial charge in [0.05, 0.1) is 0 Å². The lowest BCUT2D eigenvalue weighted by Gasteiger charge is -2.25. The molecule has 0 spiro atoms. The van der Waals surface area contributed by atoms with Crippen LogP contribution in [0.25, 0.3) is 50.1 Å². The molecule has 37 heavy (non-hydrogen) atoms. The third-order valence-corrected chi connectivity index (χ3v) is 8.74. The van der Waals surface area contributed by atoms with Crippen LogP contribution in [0.2, 0.25) is 0 Å². The van der Waals surface area contributed by atoms with Crippen molar-refractivity contribution in [1.29, 1.82) is 0 Å². The molecule has 0 bridgehead atoms. The lowest BCUT2D eigenvalue weighted by Crippen LogP contribution is -2.03. The van der Waals surface area contributed by atoms with Crippen LogP contribution in [0, 0.1) is 0 Å². The summed E-state index contributed by atoms with van der Waals surface area (Å²) in [6, 6.07) is 43.9. The molecule has 0 radical (unpaired) electrons. The zero-order chi connectivity index (χ0) is 24.6. The maximum atomic E-state index is 2.35. The van der Waals surface area contributed by atoms with Gasteiger partial charge in [-0.1, -0.05) is 140 Å². The minimum atomic E-state index is 0.444. The van der Waals surface area contributed by atoms with Gasteiger partial charge in [-0.05, 0) is 50.9 Å².